The fourth-order valence-corrected chi connectivity index (χ4v) is 3.47. The molecule has 2 heterocycles. The van der Waals surface area contributed by atoms with E-state index in [1.807, 2.05) is 51.1 Å². The van der Waals surface area contributed by atoms with Gasteiger partial charge in [0.15, 0.2) is 0 Å². The average molecular weight is 375 g/mol. The van der Waals surface area contributed by atoms with E-state index in [0.29, 0.717) is 45.6 Å². The Balaban J connectivity index is 1.55. The first-order valence-electron chi connectivity index (χ1n) is 9.49. The molecule has 1 spiro atoms. The molecule has 0 unspecified atom stereocenters. The summed E-state index contributed by atoms with van der Waals surface area (Å²) in [7, 11) is 0. The summed E-state index contributed by atoms with van der Waals surface area (Å²) in [5.74, 6) is 0. The lowest BCUT2D eigenvalue weighted by atomic mass is 9.89. The minimum atomic E-state index is -0.500. The van der Waals surface area contributed by atoms with Crippen LogP contribution >= 0.6 is 0 Å². The highest BCUT2D eigenvalue weighted by atomic mass is 16.6. The van der Waals surface area contributed by atoms with Crippen molar-refractivity contribution < 1.29 is 19.1 Å². The maximum atomic E-state index is 12.6. The predicted molar refractivity (Wildman–Crippen MR) is 103 cm³/mol. The van der Waals surface area contributed by atoms with Crippen molar-refractivity contribution >= 4 is 17.8 Å². The van der Waals surface area contributed by atoms with Crippen LogP contribution in [0.2, 0.25) is 0 Å². The number of hydrogen-bond acceptors (Lipinski definition) is 4. The van der Waals surface area contributed by atoms with Gasteiger partial charge in [0.25, 0.3) is 0 Å². The Bertz CT molecular complexity index is 664. The number of urea groups is 1. The molecule has 1 aromatic rings. The SMILES string of the molecule is CC(C)(C)OC(=O)N1CCC2(CC1)CN(C(=O)Nc1ccccc1)CCO2. The van der Waals surface area contributed by atoms with Crippen LogP contribution in [-0.4, -0.2) is 65.9 Å². The molecular weight excluding hydrogens is 346 g/mol. The predicted octanol–water partition coefficient (Wildman–Crippen LogP) is 3.32. The topological polar surface area (TPSA) is 71.1 Å². The Morgan fingerprint density at radius 2 is 1.74 bits per heavy atom. The maximum absolute atomic E-state index is 12.6. The molecule has 7 nitrogen and oxygen atoms in total. The number of hydrogen-bond donors (Lipinski definition) is 1. The summed E-state index contributed by atoms with van der Waals surface area (Å²) < 4.78 is 11.5. The molecule has 0 bridgehead atoms. The summed E-state index contributed by atoms with van der Waals surface area (Å²) in [5, 5.41) is 2.93. The Hall–Kier alpha value is -2.28. The van der Waals surface area contributed by atoms with Crippen LogP contribution in [0.5, 0.6) is 0 Å². The zero-order valence-electron chi connectivity index (χ0n) is 16.4. The number of morpholine rings is 1. The van der Waals surface area contributed by atoms with Crippen molar-refractivity contribution in [1.29, 1.82) is 0 Å². The van der Waals surface area contributed by atoms with E-state index in [1.54, 1.807) is 9.80 Å². The molecule has 3 amide bonds. The van der Waals surface area contributed by atoms with Crippen LogP contribution in [0, 0.1) is 0 Å². The van der Waals surface area contributed by atoms with Gasteiger partial charge < -0.3 is 24.6 Å². The van der Waals surface area contributed by atoms with E-state index in [4.69, 9.17) is 9.47 Å². The third-order valence-corrected chi connectivity index (χ3v) is 4.89. The first-order chi connectivity index (χ1) is 12.8. The number of para-hydroxylation sites is 1. The summed E-state index contributed by atoms with van der Waals surface area (Å²) in [6, 6.07) is 9.32. The van der Waals surface area contributed by atoms with Gasteiger partial charge in [0.2, 0.25) is 0 Å². The van der Waals surface area contributed by atoms with Gasteiger partial charge in [0.05, 0.1) is 18.8 Å². The Kier molecular flexibility index (Phi) is 5.60. The second-order valence-corrected chi connectivity index (χ2v) is 8.22. The Morgan fingerprint density at radius 3 is 2.37 bits per heavy atom. The van der Waals surface area contributed by atoms with Gasteiger partial charge in [0.1, 0.15) is 5.60 Å². The van der Waals surface area contributed by atoms with Crippen molar-refractivity contribution in [2.75, 3.05) is 38.1 Å². The zero-order chi connectivity index (χ0) is 19.5. The van der Waals surface area contributed by atoms with E-state index >= 15 is 0 Å². The van der Waals surface area contributed by atoms with Crippen molar-refractivity contribution in [1.82, 2.24) is 9.80 Å². The number of nitrogens with zero attached hydrogens (tertiary/aromatic N) is 2. The molecule has 2 aliphatic heterocycles. The molecule has 3 rings (SSSR count). The third kappa shape index (κ3) is 5.13. The number of nitrogens with one attached hydrogen (secondary N) is 1. The molecule has 0 radical (unpaired) electrons. The van der Waals surface area contributed by atoms with Crippen LogP contribution in [0.4, 0.5) is 15.3 Å². The highest BCUT2D eigenvalue weighted by Crippen LogP contribution is 2.31. The third-order valence-electron chi connectivity index (χ3n) is 4.89. The van der Waals surface area contributed by atoms with Crippen molar-refractivity contribution in [3.63, 3.8) is 0 Å². The van der Waals surface area contributed by atoms with Crippen LogP contribution < -0.4 is 5.32 Å². The normalized spacial score (nSPS) is 19.7. The highest BCUT2D eigenvalue weighted by molar-refractivity contribution is 5.89. The molecule has 27 heavy (non-hydrogen) atoms. The van der Waals surface area contributed by atoms with Gasteiger partial charge in [-0.1, -0.05) is 18.2 Å². The minimum Gasteiger partial charge on any atom is -0.444 e. The van der Waals surface area contributed by atoms with Crippen LogP contribution in [0.1, 0.15) is 33.6 Å². The number of amides is 3. The number of piperidine rings is 1. The maximum Gasteiger partial charge on any atom is 0.410 e. The Morgan fingerprint density at radius 1 is 1.07 bits per heavy atom. The van der Waals surface area contributed by atoms with Crippen LogP contribution in [0.25, 0.3) is 0 Å². The van der Waals surface area contributed by atoms with Gasteiger partial charge in [-0.15, -0.1) is 0 Å². The molecular formula is C20H29N3O4. The monoisotopic (exact) mass is 375 g/mol. The van der Waals surface area contributed by atoms with E-state index < -0.39 is 5.60 Å². The molecule has 7 heteroatoms. The summed E-state index contributed by atoms with van der Waals surface area (Å²) in [4.78, 5) is 28.4. The van der Waals surface area contributed by atoms with Gasteiger partial charge in [-0.2, -0.15) is 0 Å². The fourth-order valence-electron chi connectivity index (χ4n) is 3.47. The average Bonchev–Trinajstić information content (AvgIpc) is 2.62. The smallest absolute Gasteiger partial charge is 0.410 e. The summed E-state index contributed by atoms with van der Waals surface area (Å²) in [6.45, 7) is 8.35. The number of rotatable bonds is 1. The van der Waals surface area contributed by atoms with Crippen molar-refractivity contribution in [3.8, 4) is 0 Å². The van der Waals surface area contributed by atoms with E-state index in [2.05, 4.69) is 5.32 Å². The van der Waals surface area contributed by atoms with E-state index in [-0.39, 0.29) is 17.7 Å². The highest BCUT2D eigenvalue weighted by Gasteiger charge is 2.42. The van der Waals surface area contributed by atoms with Crippen LogP contribution in [-0.2, 0) is 9.47 Å². The van der Waals surface area contributed by atoms with E-state index in [1.165, 1.54) is 0 Å². The number of carbonyl (C=O) groups is 2. The molecule has 2 saturated heterocycles. The lowest BCUT2D eigenvalue weighted by molar-refractivity contribution is -0.124. The molecule has 1 aromatic carbocycles. The molecule has 148 valence electrons. The second-order valence-electron chi connectivity index (χ2n) is 8.22. The quantitative estimate of drug-likeness (QED) is 0.817. The van der Waals surface area contributed by atoms with E-state index in [0.717, 1.165) is 5.69 Å². The first-order valence-corrected chi connectivity index (χ1v) is 9.49. The summed E-state index contributed by atoms with van der Waals surface area (Å²) in [5.41, 5.74) is -0.104. The molecule has 1 N–H and O–H groups in total. The number of likely N-dealkylation sites (tertiary alicyclic amines) is 1. The summed E-state index contributed by atoms with van der Waals surface area (Å²) >= 11 is 0. The second kappa shape index (κ2) is 7.76. The number of anilines is 1. The van der Waals surface area contributed by atoms with Crippen LogP contribution in [0.3, 0.4) is 0 Å². The minimum absolute atomic E-state index is 0.113. The lowest BCUT2D eigenvalue weighted by Gasteiger charge is -2.47. The fraction of sp³-hybridized carbons (Fsp3) is 0.600. The number of carbonyl (C=O) groups excluding carboxylic acids is 2. The van der Waals surface area contributed by atoms with Crippen molar-refractivity contribution in [2.24, 2.45) is 0 Å². The lowest BCUT2D eigenvalue weighted by Crippen LogP contribution is -2.59. The largest absolute Gasteiger partial charge is 0.444 e. The molecule has 0 atom stereocenters. The standard InChI is InChI=1S/C20H29N3O4/c1-19(2,3)27-18(25)22-11-9-20(10-12-22)15-23(13-14-26-20)17(24)21-16-7-5-4-6-8-16/h4-8H,9-15H2,1-3H3,(H,21,24). The zero-order valence-corrected chi connectivity index (χ0v) is 16.4. The number of ether oxygens (including phenoxy) is 2. The number of benzene rings is 1. The van der Waals surface area contributed by atoms with Crippen LogP contribution in [0.15, 0.2) is 30.3 Å². The van der Waals surface area contributed by atoms with Gasteiger partial charge >= 0.3 is 12.1 Å². The summed E-state index contributed by atoms with van der Waals surface area (Å²) in [6.07, 6.45) is 1.11. The van der Waals surface area contributed by atoms with Gasteiger partial charge in [0, 0.05) is 25.3 Å². The first kappa shape index (κ1) is 19.5. The Labute approximate surface area is 160 Å². The van der Waals surface area contributed by atoms with Gasteiger partial charge in [-0.25, -0.2) is 9.59 Å². The molecule has 0 aliphatic carbocycles. The van der Waals surface area contributed by atoms with Gasteiger partial charge in [-0.3, -0.25) is 0 Å². The van der Waals surface area contributed by atoms with Crippen molar-refractivity contribution in [3.05, 3.63) is 30.3 Å². The molecule has 2 fully saturated rings. The van der Waals surface area contributed by atoms with E-state index in [9.17, 15) is 9.59 Å². The van der Waals surface area contributed by atoms with Crippen molar-refractivity contribution in [2.45, 2.75) is 44.8 Å². The molecule has 2 aliphatic rings. The molecule has 0 aromatic heterocycles. The van der Waals surface area contributed by atoms with Gasteiger partial charge in [-0.05, 0) is 45.7 Å². The molecule has 0 saturated carbocycles.